The van der Waals surface area contributed by atoms with Gasteiger partial charge >= 0.3 is 0 Å². The summed E-state index contributed by atoms with van der Waals surface area (Å²) in [5.41, 5.74) is 0.491. The highest BCUT2D eigenvalue weighted by molar-refractivity contribution is 7.92. The minimum Gasteiger partial charge on any atom is -0.248 e. The summed E-state index contributed by atoms with van der Waals surface area (Å²) in [7, 11) is -2.91. The van der Waals surface area contributed by atoms with Gasteiger partial charge in [-0.1, -0.05) is 20.8 Å². The molecule has 1 atom stereocenters. The second-order valence-electron chi connectivity index (χ2n) is 3.66. The third-order valence-corrected chi connectivity index (χ3v) is 3.94. The Balaban J connectivity index is 3.24. The molecule has 5 heteroatoms. The molecule has 0 aliphatic rings. The molecule has 0 aliphatic carbocycles. The molecule has 0 fully saturated rings. The van der Waals surface area contributed by atoms with Gasteiger partial charge in [0.2, 0.25) is 0 Å². The number of pyridine rings is 1. The van der Waals surface area contributed by atoms with Gasteiger partial charge in [0, 0.05) is 23.6 Å². The Labute approximate surface area is 89.7 Å². The average molecular weight is 230 g/mol. The number of rotatable bonds is 3. The maximum absolute atomic E-state index is 13.5. The van der Waals surface area contributed by atoms with Gasteiger partial charge in [0.25, 0.3) is 0 Å². The molecule has 0 radical (unpaired) electrons. The summed E-state index contributed by atoms with van der Waals surface area (Å²) in [4.78, 5) is 3.90. The van der Waals surface area contributed by atoms with Crippen LogP contribution in [0.3, 0.4) is 0 Å². The summed E-state index contributed by atoms with van der Waals surface area (Å²) < 4.78 is 32.6. The minimum absolute atomic E-state index is 0.0342. The van der Waals surface area contributed by atoms with E-state index < -0.39 is 15.5 Å². The highest BCUT2D eigenvalue weighted by Crippen LogP contribution is 2.20. The van der Waals surface area contributed by atoms with Crippen LogP contribution in [0.2, 0.25) is 0 Å². The van der Waals surface area contributed by atoms with Crippen LogP contribution >= 0.6 is 0 Å². The van der Waals surface area contributed by atoms with Gasteiger partial charge in [0.15, 0.2) is 0 Å². The first kappa shape index (κ1) is 12.1. The molecule has 1 rings (SSSR count). The second kappa shape index (κ2) is 4.26. The smallest absolute Gasteiger partial charge is 0.138 e. The molecular formula is C10H15FN2OS. The van der Waals surface area contributed by atoms with E-state index in [2.05, 4.69) is 4.98 Å². The lowest BCUT2D eigenvalue weighted by Crippen LogP contribution is -2.06. The first-order valence-corrected chi connectivity index (χ1v) is 6.53. The molecule has 1 aromatic rings. The lowest BCUT2D eigenvalue weighted by molar-refractivity contribution is 0.586. The summed E-state index contributed by atoms with van der Waals surface area (Å²) in [5, 5.41) is 0.0342. The van der Waals surface area contributed by atoms with Crippen molar-refractivity contribution in [3.63, 3.8) is 0 Å². The molecular weight excluding hydrogens is 215 g/mol. The monoisotopic (exact) mass is 230 g/mol. The average Bonchev–Trinajstić information content (AvgIpc) is 2.17. The lowest BCUT2D eigenvalue weighted by atomic mass is 10.1. The van der Waals surface area contributed by atoms with Gasteiger partial charge in [0.05, 0.1) is 9.73 Å². The van der Waals surface area contributed by atoms with E-state index in [0.29, 0.717) is 5.56 Å². The molecule has 3 nitrogen and oxygen atoms in total. The maximum atomic E-state index is 13.5. The highest BCUT2D eigenvalue weighted by atomic mass is 32.2. The van der Waals surface area contributed by atoms with E-state index in [0.717, 1.165) is 6.07 Å². The third-order valence-electron chi connectivity index (χ3n) is 2.22. The molecule has 0 amide bonds. The zero-order valence-electron chi connectivity index (χ0n) is 9.08. The van der Waals surface area contributed by atoms with Crippen molar-refractivity contribution < 1.29 is 8.60 Å². The van der Waals surface area contributed by atoms with Gasteiger partial charge in [-0.2, -0.15) is 0 Å². The van der Waals surface area contributed by atoms with Crippen LogP contribution in [0.1, 0.15) is 32.3 Å². The van der Waals surface area contributed by atoms with Crippen molar-refractivity contribution >= 4 is 9.73 Å². The fourth-order valence-corrected chi connectivity index (χ4v) is 1.99. The molecule has 84 valence electrons. The van der Waals surface area contributed by atoms with Gasteiger partial charge in [-0.3, -0.25) is 0 Å². The largest absolute Gasteiger partial charge is 0.248 e. The van der Waals surface area contributed by atoms with E-state index >= 15 is 0 Å². The number of hydrogen-bond acceptors (Lipinski definition) is 3. The van der Waals surface area contributed by atoms with Gasteiger partial charge in [0.1, 0.15) is 10.8 Å². The molecule has 1 aromatic heterocycles. The van der Waals surface area contributed by atoms with Crippen molar-refractivity contribution in [2.24, 2.45) is 0 Å². The topological polar surface area (TPSA) is 53.8 Å². The molecule has 0 aliphatic heterocycles. The van der Waals surface area contributed by atoms with E-state index in [1.807, 2.05) is 13.8 Å². The molecule has 0 saturated carbocycles. The quantitative estimate of drug-likeness (QED) is 0.868. The van der Waals surface area contributed by atoms with Crippen molar-refractivity contribution in [1.82, 2.24) is 4.98 Å². The van der Waals surface area contributed by atoms with Crippen molar-refractivity contribution in [1.29, 1.82) is 4.78 Å². The molecule has 0 aromatic carbocycles. The van der Waals surface area contributed by atoms with Crippen molar-refractivity contribution in [3.05, 3.63) is 23.6 Å². The summed E-state index contributed by atoms with van der Waals surface area (Å²) in [6, 6.07) is 1.12. The minimum atomic E-state index is -2.91. The van der Waals surface area contributed by atoms with Gasteiger partial charge in [-0.15, -0.1) is 0 Å². The lowest BCUT2D eigenvalue weighted by Gasteiger charge is -2.09. The fourth-order valence-electron chi connectivity index (χ4n) is 1.18. The summed E-state index contributed by atoms with van der Waals surface area (Å²) in [6.07, 6.45) is 1.37. The number of aromatic nitrogens is 1. The third kappa shape index (κ3) is 2.53. The molecule has 0 bridgehead atoms. The van der Waals surface area contributed by atoms with Gasteiger partial charge in [-0.25, -0.2) is 18.4 Å². The molecule has 1 unspecified atom stereocenters. The van der Waals surface area contributed by atoms with Crippen molar-refractivity contribution in [2.45, 2.75) is 31.7 Å². The van der Waals surface area contributed by atoms with Crippen LogP contribution in [-0.4, -0.2) is 14.9 Å². The molecule has 0 spiro atoms. The van der Waals surface area contributed by atoms with Crippen LogP contribution in [0.4, 0.5) is 4.39 Å². The predicted octanol–water partition coefficient (Wildman–Crippen LogP) is 2.77. The Morgan fingerprint density at radius 3 is 2.60 bits per heavy atom. The standard InChI is InChI=1S/C10H15FN2OS/c1-4-15(12,14)10-5-9(11)8(6-13-10)7(2)3/h5-7,12H,4H2,1-3H3. The Morgan fingerprint density at radius 2 is 2.20 bits per heavy atom. The molecule has 15 heavy (non-hydrogen) atoms. The maximum Gasteiger partial charge on any atom is 0.138 e. The van der Waals surface area contributed by atoms with Crippen LogP contribution in [-0.2, 0) is 9.73 Å². The van der Waals surface area contributed by atoms with E-state index in [1.54, 1.807) is 6.92 Å². The predicted molar refractivity (Wildman–Crippen MR) is 58.0 cm³/mol. The first-order chi connectivity index (χ1) is 6.88. The van der Waals surface area contributed by atoms with Gasteiger partial charge < -0.3 is 0 Å². The summed E-state index contributed by atoms with van der Waals surface area (Å²) >= 11 is 0. The van der Waals surface area contributed by atoms with Crippen LogP contribution in [0.15, 0.2) is 17.3 Å². The second-order valence-corrected chi connectivity index (χ2v) is 6.01. The number of halogens is 1. The van der Waals surface area contributed by atoms with Crippen LogP contribution < -0.4 is 0 Å². The van der Waals surface area contributed by atoms with Crippen molar-refractivity contribution in [3.8, 4) is 0 Å². The normalized spacial score (nSPS) is 15.3. The summed E-state index contributed by atoms with van der Waals surface area (Å²) in [6.45, 7) is 5.35. The zero-order valence-corrected chi connectivity index (χ0v) is 9.90. The van der Waals surface area contributed by atoms with E-state index in [1.165, 1.54) is 6.20 Å². The number of nitrogens with zero attached hydrogens (tertiary/aromatic N) is 1. The number of nitrogens with one attached hydrogen (secondary N) is 1. The highest BCUT2D eigenvalue weighted by Gasteiger charge is 2.14. The molecule has 1 N–H and O–H groups in total. The van der Waals surface area contributed by atoms with E-state index in [9.17, 15) is 8.60 Å². The van der Waals surface area contributed by atoms with Crippen LogP contribution in [0.5, 0.6) is 0 Å². The van der Waals surface area contributed by atoms with Crippen LogP contribution in [0, 0.1) is 10.6 Å². The summed E-state index contributed by atoms with van der Waals surface area (Å²) in [5.74, 6) is -0.237. The molecule has 0 saturated heterocycles. The van der Waals surface area contributed by atoms with Gasteiger partial charge in [-0.05, 0) is 5.92 Å². The fraction of sp³-hybridized carbons (Fsp3) is 0.500. The van der Waals surface area contributed by atoms with E-state index in [-0.39, 0.29) is 16.7 Å². The Bertz CT molecular complexity index is 454. The van der Waals surface area contributed by atoms with E-state index in [4.69, 9.17) is 4.78 Å². The van der Waals surface area contributed by atoms with Crippen molar-refractivity contribution in [2.75, 3.05) is 5.75 Å². The molecule has 1 heterocycles. The Morgan fingerprint density at radius 1 is 1.60 bits per heavy atom. The Hall–Kier alpha value is -0.970. The first-order valence-electron chi connectivity index (χ1n) is 4.80. The number of hydrogen-bond donors (Lipinski definition) is 1. The zero-order chi connectivity index (χ0) is 11.6. The Kier molecular flexibility index (Phi) is 3.44. The van der Waals surface area contributed by atoms with Crippen LogP contribution in [0.25, 0.3) is 0 Å². The SMILES string of the molecule is CCS(=N)(=O)c1cc(F)c(C(C)C)cn1.